The molecule has 0 bridgehead atoms. The summed E-state index contributed by atoms with van der Waals surface area (Å²) in [4.78, 5) is 0. The molecule has 0 unspecified atom stereocenters. The number of halogens is 1. The first-order chi connectivity index (χ1) is 7.04. The van der Waals surface area contributed by atoms with Gasteiger partial charge in [0, 0.05) is 6.07 Å². The molecular formula is C11H18ClNO3. The van der Waals surface area contributed by atoms with E-state index >= 15 is 0 Å². The molecular weight excluding hydrogens is 230 g/mol. The molecule has 0 heterocycles. The number of rotatable bonds is 4. The van der Waals surface area contributed by atoms with Gasteiger partial charge in [0.2, 0.25) is 0 Å². The highest BCUT2D eigenvalue weighted by Crippen LogP contribution is 2.26. The number of benzene rings is 1. The van der Waals surface area contributed by atoms with Crippen LogP contribution in [0.1, 0.15) is 31.4 Å². The van der Waals surface area contributed by atoms with Gasteiger partial charge < -0.3 is 21.1 Å². The van der Waals surface area contributed by atoms with Gasteiger partial charge in [-0.05, 0) is 24.1 Å². The number of aromatic hydroxyl groups is 2. The Balaban J connectivity index is 0.00000225. The molecule has 0 fully saturated rings. The summed E-state index contributed by atoms with van der Waals surface area (Å²) in [6, 6.07) is 3.54. The third-order valence-electron chi connectivity index (χ3n) is 2.31. The molecule has 0 aliphatic heterocycles. The highest BCUT2D eigenvalue weighted by Gasteiger charge is 2.16. The van der Waals surface area contributed by atoms with E-state index in [0.29, 0.717) is 12.0 Å². The molecule has 1 aromatic carbocycles. The van der Waals surface area contributed by atoms with E-state index in [0.717, 1.165) is 6.42 Å². The summed E-state index contributed by atoms with van der Waals surface area (Å²) in [6.45, 7) is 1.95. The zero-order chi connectivity index (χ0) is 11.4. The number of nitrogens with two attached hydrogens (primary N) is 1. The molecule has 5 heteroatoms. The monoisotopic (exact) mass is 247 g/mol. The highest BCUT2D eigenvalue weighted by molar-refractivity contribution is 5.85. The topological polar surface area (TPSA) is 86.7 Å². The summed E-state index contributed by atoms with van der Waals surface area (Å²) < 4.78 is 0. The van der Waals surface area contributed by atoms with Crippen LogP contribution in [0, 0.1) is 0 Å². The normalized spacial score (nSPS) is 13.9. The lowest BCUT2D eigenvalue weighted by Gasteiger charge is -2.18. The fraction of sp³-hybridized carbons (Fsp3) is 0.455. The fourth-order valence-corrected chi connectivity index (χ4v) is 1.51. The van der Waals surface area contributed by atoms with E-state index in [-0.39, 0.29) is 23.9 Å². The molecule has 5 N–H and O–H groups in total. The van der Waals surface area contributed by atoms with Gasteiger partial charge in [-0.2, -0.15) is 0 Å². The molecule has 4 nitrogen and oxygen atoms in total. The highest BCUT2D eigenvalue weighted by atomic mass is 35.5. The zero-order valence-electron chi connectivity index (χ0n) is 9.13. The Morgan fingerprint density at radius 3 is 2.12 bits per heavy atom. The van der Waals surface area contributed by atoms with Crippen molar-refractivity contribution in [1.82, 2.24) is 0 Å². The summed E-state index contributed by atoms with van der Waals surface area (Å²) in [7, 11) is 0. The van der Waals surface area contributed by atoms with Crippen LogP contribution in [0.15, 0.2) is 18.2 Å². The van der Waals surface area contributed by atoms with Crippen molar-refractivity contribution >= 4 is 12.4 Å². The van der Waals surface area contributed by atoms with Crippen molar-refractivity contribution < 1.29 is 15.3 Å². The van der Waals surface area contributed by atoms with Gasteiger partial charge in [0.15, 0.2) is 0 Å². The molecule has 0 aromatic heterocycles. The SMILES string of the molecule is CCC[C@@H](O)[C@@H](N)c1cc(O)cc(O)c1.Cl. The predicted molar refractivity (Wildman–Crippen MR) is 64.9 cm³/mol. The van der Waals surface area contributed by atoms with Crippen molar-refractivity contribution in [3.63, 3.8) is 0 Å². The maximum atomic E-state index is 9.66. The summed E-state index contributed by atoms with van der Waals surface area (Å²) in [5.41, 5.74) is 6.33. The molecule has 0 radical (unpaired) electrons. The van der Waals surface area contributed by atoms with E-state index < -0.39 is 12.1 Å². The van der Waals surface area contributed by atoms with E-state index in [1.54, 1.807) is 0 Å². The number of phenolic OH excluding ortho intramolecular Hbond substituents is 2. The summed E-state index contributed by atoms with van der Waals surface area (Å²) in [6.07, 6.45) is 0.772. The molecule has 0 spiro atoms. The van der Waals surface area contributed by atoms with E-state index in [1.165, 1.54) is 18.2 Å². The van der Waals surface area contributed by atoms with Crippen LogP contribution in [0.2, 0.25) is 0 Å². The average molecular weight is 248 g/mol. The van der Waals surface area contributed by atoms with E-state index in [2.05, 4.69) is 0 Å². The molecule has 16 heavy (non-hydrogen) atoms. The van der Waals surface area contributed by atoms with Gasteiger partial charge in [0.25, 0.3) is 0 Å². The molecule has 1 rings (SSSR count). The summed E-state index contributed by atoms with van der Waals surface area (Å²) in [5.74, 6) is -0.103. The minimum Gasteiger partial charge on any atom is -0.508 e. The molecule has 0 saturated heterocycles. The van der Waals surface area contributed by atoms with Gasteiger partial charge in [-0.25, -0.2) is 0 Å². The van der Waals surface area contributed by atoms with E-state index in [4.69, 9.17) is 5.73 Å². The maximum absolute atomic E-state index is 9.66. The summed E-state index contributed by atoms with van der Waals surface area (Å²) in [5, 5.41) is 28.2. The van der Waals surface area contributed by atoms with Crippen LogP contribution < -0.4 is 5.73 Å². The molecule has 0 saturated carbocycles. The Morgan fingerprint density at radius 1 is 1.19 bits per heavy atom. The number of aliphatic hydroxyl groups is 1. The van der Waals surface area contributed by atoms with Crippen LogP contribution >= 0.6 is 12.4 Å². The van der Waals surface area contributed by atoms with Crippen molar-refractivity contribution in [2.45, 2.75) is 31.9 Å². The second kappa shape index (κ2) is 6.58. The second-order valence-electron chi connectivity index (χ2n) is 3.66. The van der Waals surface area contributed by atoms with Gasteiger partial charge in [0.05, 0.1) is 12.1 Å². The van der Waals surface area contributed by atoms with Crippen molar-refractivity contribution in [2.75, 3.05) is 0 Å². The van der Waals surface area contributed by atoms with Crippen LogP contribution in [-0.4, -0.2) is 21.4 Å². The Kier molecular flexibility index (Phi) is 6.18. The first-order valence-corrected chi connectivity index (χ1v) is 5.01. The van der Waals surface area contributed by atoms with Gasteiger partial charge in [-0.1, -0.05) is 13.3 Å². The molecule has 92 valence electrons. The van der Waals surface area contributed by atoms with Crippen molar-refractivity contribution in [1.29, 1.82) is 0 Å². The minimum absolute atomic E-state index is 0. The first kappa shape index (κ1) is 15.0. The molecule has 2 atom stereocenters. The lowest BCUT2D eigenvalue weighted by Crippen LogP contribution is -2.25. The fourth-order valence-electron chi connectivity index (χ4n) is 1.51. The Morgan fingerprint density at radius 2 is 1.69 bits per heavy atom. The largest absolute Gasteiger partial charge is 0.508 e. The van der Waals surface area contributed by atoms with Crippen molar-refractivity contribution in [2.24, 2.45) is 5.73 Å². The minimum atomic E-state index is -0.656. The van der Waals surface area contributed by atoms with Gasteiger partial charge in [0.1, 0.15) is 11.5 Å². The second-order valence-corrected chi connectivity index (χ2v) is 3.66. The third kappa shape index (κ3) is 3.89. The first-order valence-electron chi connectivity index (χ1n) is 5.01. The quantitative estimate of drug-likeness (QED) is 0.652. The average Bonchev–Trinajstić information content (AvgIpc) is 2.15. The molecule has 1 aromatic rings. The molecule has 0 aliphatic rings. The molecule has 0 aliphatic carbocycles. The van der Waals surface area contributed by atoms with E-state index in [9.17, 15) is 15.3 Å². The van der Waals surface area contributed by atoms with Gasteiger partial charge in [-0.3, -0.25) is 0 Å². The number of aliphatic hydroxyl groups excluding tert-OH is 1. The zero-order valence-corrected chi connectivity index (χ0v) is 9.94. The van der Waals surface area contributed by atoms with E-state index in [1.807, 2.05) is 6.92 Å². The van der Waals surface area contributed by atoms with Crippen molar-refractivity contribution in [3.8, 4) is 11.5 Å². The summed E-state index contributed by atoms with van der Waals surface area (Å²) >= 11 is 0. The number of phenols is 2. The van der Waals surface area contributed by atoms with Crippen LogP contribution in [0.25, 0.3) is 0 Å². The van der Waals surface area contributed by atoms with Crippen molar-refractivity contribution in [3.05, 3.63) is 23.8 Å². The Bertz CT molecular complexity index is 313. The van der Waals surface area contributed by atoms with Crippen LogP contribution in [0.3, 0.4) is 0 Å². The Hall–Kier alpha value is -0.970. The van der Waals surface area contributed by atoms with Gasteiger partial charge >= 0.3 is 0 Å². The third-order valence-corrected chi connectivity index (χ3v) is 2.31. The number of hydrogen-bond donors (Lipinski definition) is 4. The lowest BCUT2D eigenvalue weighted by atomic mass is 9.99. The lowest BCUT2D eigenvalue weighted by molar-refractivity contribution is 0.134. The smallest absolute Gasteiger partial charge is 0.119 e. The maximum Gasteiger partial charge on any atom is 0.119 e. The Labute approximate surface area is 101 Å². The standard InChI is InChI=1S/C11H17NO3.ClH/c1-2-3-10(15)11(12)7-4-8(13)6-9(14)5-7;/h4-6,10-11,13-15H,2-3,12H2,1H3;1H/t10-,11+;/m1./s1. The van der Waals surface area contributed by atoms with Crippen LogP contribution in [0.4, 0.5) is 0 Å². The van der Waals surface area contributed by atoms with Gasteiger partial charge in [-0.15, -0.1) is 12.4 Å². The molecule has 0 amide bonds. The number of hydrogen-bond acceptors (Lipinski definition) is 4. The van der Waals surface area contributed by atoms with Crippen LogP contribution in [0.5, 0.6) is 11.5 Å². The van der Waals surface area contributed by atoms with Crippen LogP contribution in [-0.2, 0) is 0 Å². The predicted octanol–water partition coefficient (Wildman–Crippen LogP) is 1.68.